The van der Waals surface area contributed by atoms with Gasteiger partial charge in [-0.15, -0.1) is 6.58 Å². The van der Waals surface area contributed by atoms with Gasteiger partial charge in [-0.3, -0.25) is 0 Å². The Bertz CT molecular complexity index is 2010. The third-order valence-corrected chi connectivity index (χ3v) is 16.2. The van der Waals surface area contributed by atoms with Gasteiger partial charge in [0.2, 0.25) is 0 Å². The molecule has 0 radical (unpaired) electrons. The fourth-order valence-corrected chi connectivity index (χ4v) is 14.7. The van der Waals surface area contributed by atoms with E-state index in [0.29, 0.717) is 23.9 Å². The van der Waals surface area contributed by atoms with Gasteiger partial charge in [-0.25, -0.2) is 0 Å². The summed E-state index contributed by atoms with van der Waals surface area (Å²) >= 11 is 0. The van der Waals surface area contributed by atoms with Crippen LogP contribution in [-0.2, 0) is 10.8 Å². The second-order valence-corrected chi connectivity index (χ2v) is 17.5. The average Bonchev–Trinajstić information content (AvgIpc) is 3.84. The lowest BCUT2D eigenvalue weighted by Crippen LogP contribution is -2.69. The molecule has 6 fully saturated rings. The number of piperidine rings is 2. The number of quaternary nitrogens is 2. The van der Waals surface area contributed by atoms with E-state index >= 15 is 0 Å². The molecule has 2 aromatic carbocycles. The molecule has 2 aliphatic carbocycles. The highest BCUT2D eigenvalue weighted by Gasteiger charge is 2.75. The molecule has 0 aromatic heterocycles. The number of nitrogens with zero attached hydrogens (tertiary/aromatic N) is 4. The summed E-state index contributed by atoms with van der Waals surface area (Å²) < 4.78 is 2.18. The van der Waals surface area contributed by atoms with Crippen LogP contribution in [0.25, 0.3) is 0 Å². The molecule has 7 aliphatic heterocycles. The fraction of sp³-hybridized carbons (Fsp3) is 0.467. The predicted molar refractivity (Wildman–Crippen MR) is 203 cm³/mol. The smallest absolute Gasteiger partial charge is 0.103 e. The largest absolute Gasteiger partial charge is 0.392 e. The number of para-hydroxylation sites is 2. The van der Waals surface area contributed by atoms with Crippen LogP contribution in [0.4, 0.5) is 11.4 Å². The van der Waals surface area contributed by atoms with Crippen molar-refractivity contribution in [2.24, 2.45) is 11.8 Å². The Labute approximate surface area is 302 Å². The highest BCUT2D eigenvalue weighted by molar-refractivity contribution is 5.77. The monoisotopic (exact) mass is 680 g/mol. The van der Waals surface area contributed by atoms with Crippen molar-refractivity contribution in [2.75, 3.05) is 62.3 Å². The van der Waals surface area contributed by atoms with Crippen LogP contribution in [0, 0.1) is 11.8 Å². The van der Waals surface area contributed by atoms with Gasteiger partial charge in [0.1, 0.15) is 25.2 Å². The van der Waals surface area contributed by atoms with Gasteiger partial charge in [-0.1, -0.05) is 61.2 Å². The molecule has 4 saturated heterocycles. The van der Waals surface area contributed by atoms with Crippen LogP contribution < -0.4 is 9.80 Å². The van der Waals surface area contributed by atoms with E-state index < -0.39 is 0 Å². The van der Waals surface area contributed by atoms with Crippen molar-refractivity contribution < 1.29 is 19.2 Å². The summed E-state index contributed by atoms with van der Waals surface area (Å²) in [6.07, 6.45) is 19.6. The first-order valence-corrected chi connectivity index (χ1v) is 19.7. The van der Waals surface area contributed by atoms with Crippen LogP contribution in [0.1, 0.15) is 43.2 Å². The number of aliphatic hydroxyl groups is 2. The van der Waals surface area contributed by atoms with Crippen molar-refractivity contribution in [3.8, 4) is 0 Å². The molecule has 2 saturated carbocycles. The third-order valence-electron chi connectivity index (χ3n) is 16.2. The molecule has 2 aromatic rings. The lowest BCUT2D eigenvalue weighted by molar-refractivity contribution is -0.942. The molecule has 2 N–H and O–H groups in total. The first kappa shape index (κ1) is 30.9. The Morgan fingerprint density at radius 1 is 0.706 bits per heavy atom. The summed E-state index contributed by atoms with van der Waals surface area (Å²) in [6, 6.07) is 20.4. The van der Waals surface area contributed by atoms with E-state index in [0.717, 1.165) is 67.4 Å². The molecule has 11 rings (SSSR count). The molecular weight excluding hydrogens is 629 g/mol. The maximum Gasteiger partial charge on any atom is 0.103 e. The molecule has 2 spiro atoms. The zero-order valence-corrected chi connectivity index (χ0v) is 29.8. The Morgan fingerprint density at radius 2 is 1.22 bits per heavy atom. The minimum Gasteiger partial charge on any atom is -0.392 e. The van der Waals surface area contributed by atoms with E-state index in [1.54, 1.807) is 22.3 Å². The summed E-state index contributed by atoms with van der Waals surface area (Å²) in [5, 5.41) is 21.0. The van der Waals surface area contributed by atoms with Crippen LogP contribution in [0.15, 0.2) is 121 Å². The minimum atomic E-state index is 0.0190. The van der Waals surface area contributed by atoms with Gasteiger partial charge in [-0.05, 0) is 51.6 Å². The fourth-order valence-electron chi connectivity index (χ4n) is 14.7. The predicted octanol–water partition coefficient (Wildman–Crippen LogP) is 5.87. The summed E-state index contributed by atoms with van der Waals surface area (Å²) in [7, 11) is 0. The second-order valence-electron chi connectivity index (χ2n) is 17.5. The maximum absolute atomic E-state index is 10.5. The Balaban J connectivity index is 1.21. The normalized spacial score (nSPS) is 44.8. The molecule has 6 nitrogen and oxygen atoms in total. The van der Waals surface area contributed by atoms with Crippen LogP contribution in [0.3, 0.4) is 0 Å². The summed E-state index contributed by atoms with van der Waals surface area (Å²) in [6.45, 7) is 15.1. The number of fused-ring (bicyclic) bond motifs is 8. The minimum absolute atomic E-state index is 0.0190. The number of hydrogen-bond donors (Lipinski definition) is 2. The van der Waals surface area contributed by atoms with E-state index in [2.05, 4.69) is 108 Å². The average molecular weight is 681 g/mol. The van der Waals surface area contributed by atoms with Crippen LogP contribution in [0.5, 0.6) is 0 Å². The number of hydrogen-bond acceptors (Lipinski definition) is 4. The molecule has 51 heavy (non-hydrogen) atoms. The maximum atomic E-state index is 10.5. The molecule has 0 amide bonds. The Hall–Kier alpha value is -3.68. The van der Waals surface area contributed by atoms with Gasteiger partial charge in [0.25, 0.3) is 0 Å². The van der Waals surface area contributed by atoms with Crippen molar-refractivity contribution in [3.63, 3.8) is 0 Å². The first-order chi connectivity index (χ1) is 25.0. The van der Waals surface area contributed by atoms with Gasteiger partial charge in [0.05, 0.1) is 62.3 Å². The van der Waals surface area contributed by atoms with Gasteiger partial charge in [0.15, 0.2) is 0 Å². The van der Waals surface area contributed by atoms with Crippen LogP contribution in [-0.4, -0.2) is 95.8 Å². The standard InChI is InChI=1S/C45H52N4O2/c1-3-5-19-49-21-17-45-37-11-7-9-13-39(37)47-26-34-32-24-40-44(16-20-48(40,18-4-2)28-30(32)14-22-50)36-10-6-8-12-38(36)46(42(34)44)27-35(43(45)47)33(25-41(45)49)31(29-49)15-23-51/h3-4,6-15,26-27,32-33,40-43,50-51H,1-2,5,16-25,28-29H2/q+2/b30-14?,31-15+,34-26-,35-27-/t32-,33-,40-,41-,42-,43-,44+,45+,48?,49?/m0/s1. The quantitative estimate of drug-likeness (QED) is 0.284. The van der Waals surface area contributed by atoms with Gasteiger partial charge in [0, 0.05) is 67.7 Å². The van der Waals surface area contributed by atoms with Crippen molar-refractivity contribution in [1.82, 2.24) is 0 Å². The molecule has 262 valence electrons. The van der Waals surface area contributed by atoms with Crippen molar-refractivity contribution in [3.05, 3.63) is 132 Å². The van der Waals surface area contributed by atoms with E-state index in [1.165, 1.54) is 35.5 Å². The molecule has 7 heterocycles. The number of aliphatic hydroxyl groups excluding tert-OH is 2. The van der Waals surface area contributed by atoms with E-state index in [9.17, 15) is 10.2 Å². The van der Waals surface area contributed by atoms with Gasteiger partial charge < -0.3 is 29.0 Å². The Kier molecular flexibility index (Phi) is 6.34. The molecule has 6 heteroatoms. The van der Waals surface area contributed by atoms with Crippen LogP contribution in [0.2, 0.25) is 0 Å². The molecule has 2 unspecified atom stereocenters. The summed E-state index contributed by atoms with van der Waals surface area (Å²) in [5.74, 6) is 0.625. The number of anilines is 2. The van der Waals surface area contributed by atoms with Crippen LogP contribution >= 0.6 is 0 Å². The van der Waals surface area contributed by atoms with Crippen molar-refractivity contribution >= 4 is 11.4 Å². The summed E-state index contributed by atoms with van der Waals surface area (Å²) in [5.41, 5.74) is 11.9. The second kappa shape index (κ2) is 10.5. The highest BCUT2D eigenvalue weighted by Crippen LogP contribution is 2.69. The SMILES string of the molecule is C=CCC[N+]12CC[C@@]34c5ccccc5N5/C=C6\[C@@H]7N(/C=C(/[C@@H](C[C@@H]31)/C(=C/CO)C2)[C@H]54)c1ccccc1[C@@]71CC[N+]2(CC=C)CC(=CCO)[C@@H]6C[C@@H]12. The van der Waals surface area contributed by atoms with Gasteiger partial charge >= 0.3 is 0 Å². The van der Waals surface area contributed by atoms with E-state index in [1.807, 2.05) is 0 Å². The number of benzene rings is 2. The van der Waals surface area contributed by atoms with Crippen molar-refractivity contribution in [2.45, 2.75) is 67.1 Å². The molecule has 9 aliphatic rings. The lowest BCUT2D eigenvalue weighted by Gasteiger charge is -2.59. The Morgan fingerprint density at radius 3 is 1.75 bits per heavy atom. The summed E-state index contributed by atoms with van der Waals surface area (Å²) in [4.78, 5) is 5.56. The molecule has 4 bridgehead atoms. The van der Waals surface area contributed by atoms with Gasteiger partial charge in [-0.2, -0.15) is 0 Å². The topological polar surface area (TPSA) is 46.9 Å². The molecular formula is C45H52N4O2+2. The van der Waals surface area contributed by atoms with E-state index in [-0.39, 0.29) is 36.1 Å². The molecule has 10 atom stereocenters. The zero-order chi connectivity index (χ0) is 34.3. The zero-order valence-electron chi connectivity index (χ0n) is 29.8. The third kappa shape index (κ3) is 3.50. The highest BCUT2D eigenvalue weighted by atomic mass is 16.3. The number of rotatable bonds is 7. The van der Waals surface area contributed by atoms with Crippen molar-refractivity contribution in [1.29, 1.82) is 0 Å². The van der Waals surface area contributed by atoms with E-state index in [4.69, 9.17) is 0 Å². The lowest BCUT2D eigenvalue weighted by atomic mass is 9.56. The first-order valence-electron chi connectivity index (χ1n) is 19.7.